The van der Waals surface area contributed by atoms with Crippen molar-refractivity contribution in [3.8, 4) is 0 Å². The lowest BCUT2D eigenvalue weighted by atomic mass is 9.81. The van der Waals surface area contributed by atoms with Gasteiger partial charge in [-0.1, -0.05) is 17.7 Å². The van der Waals surface area contributed by atoms with E-state index < -0.39 is 0 Å². The van der Waals surface area contributed by atoms with Gasteiger partial charge >= 0.3 is 0 Å². The monoisotopic (exact) mass is 425 g/mol. The second-order valence-corrected chi connectivity index (χ2v) is 8.85. The van der Waals surface area contributed by atoms with Crippen molar-refractivity contribution in [1.82, 2.24) is 14.5 Å². The van der Waals surface area contributed by atoms with E-state index in [1.807, 2.05) is 6.20 Å². The molecule has 168 valence electrons. The van der Waals surface area contributed by atoms with Crippen LogP contribution in [0.15, 0.2) is 36.0 Å². The quantitative estimate of drug-likeness (QED) is 0.407. The number of fused-ring (bicyclic) bond motifs is 1. The molecule has 0 radical (unpaired) electrons. The van der Waals surface area contributed by atoms with Gasteiger partial charge in [0.15, 0.2) is 0 Å². The molecule has 1 aromatic carbocycles. The normalized spacial score (nSPS) is 18.9. The zero-order valence-electron chi connectivity index (χ0n) is 19.6. The molecule has 31 heavy (non-hydrogen) atoms. The molecule has 6 nitrogen and oxygen atoms in total. The van der Waals surface area contributed by atoms with Gasteiger partial charge in [-0.05, 0) is 63.8 Å². The summed E-state index contributed by atoms with van der Waals surface area (Å²) in [7, 11) is 3.53. The van der Waals surface area contributed by atoms with Gasteiger partial charge in [0.05, 0.1) is 29.8 Å². The van der Waals surface area contributed by atoms with Crippen molar-refractivity contribution in [3.05, 3.63) is 47.4 Å². The van der Waals surface area contributed by atoms with Gasteiger partial charge in [-0.25, -0.2) is 4.98 Å². The first-order valence-corrected chi connectivity index (χ1v) is 11.0. The summed E-state index contributed by atoms with van der Waals surface area (Å²) >= 11 is 0. The third-order valence-corrected chi connectivity index (χ3v) is 5.62. The van der Waals surface area contributed by atoms with Crippen molar-refractivity contribution in [2.45, 2.75) is 65.2 Å². The number of methoxy groups -OCH3 is 1. The molecule has 6 heteroatoms. The molecule has 1 saturated carbocycles. The van der Waals surface area contributed by atoms with Crippen molar-refractivity contribution in [1.29, 1.82) is 0 Å². The molecule has 0 bridgehead atoms. The predicted molar refractivity (Wildman–Crippen MR) is 125 cm³/mol. The molecule has 1 aliphatic carbocycles. The molecule has 0 saturated heterocycles. The lowest BCUT2D eigenvalue weighted by Crippen LogP contribution is -2.31. The van der Waals surface area contributed by atoms with E-state index in [1.54, 1.807) is 14.2 Å². The number of carbonyl (C=O) groups excluding carboxylic acids is 1. The fraction of sp³-hybridized carbons (Fsp3) is 0.520. The summed E-state index contributed by atoms with van der Waals surface area (Å²) < 4.78 is 13.6. The van der Waals surface area contributed by atoms with Crippen LogP contribution >= 0.6 is 0 Å². The molecular weight excluding hydrogens is 390 g/mol. The Morgan fingerprint density at radius 2 is 2.06 bits per heavy atom. The van der Waals surface area contributed by atoms with E-state index in [2.05, 4.69) is 56.5 Å². The minimum Gasteiger partial charge on any atom is -0.381 e. The molecule has 1 heterocycles. The van der Waals surface area contributed by atoms with E-state index in [9.17, 15) is 4.79 Å². The van der Waals surface area contributed by atoms with Gasteiger partial charge in [-0.2, -0.15) is 0 Å². The molecule has 0 N–H and O–H groups in total. The van der Waals surface area contributed by atoms with Crippen LogP contribution in [0.1, 0.15) is 57.8 Å². The van der Waals surface area contributed by atoms with Crippen LogP contribution in [0.5, 0.6) is 0 Å². The van der Waals surface area contributed by atoms with Gasteiger partial charge in [0.25, 0.3) is 0 Å². The average Bonchev–Trinajstić information content (AvgIpc) is 3.03. The number of rotatable bonds is 10. The second kappa shape index (κ2) is 10.2. The molecule has 1 amide bonds. The van der Waals surface area contributed by atoms with E-state index in [0.29, 0.717) is 18.6 Å². The molecule has 1 aromatic heterocycles. The standard InChI is InChI=1S/C25H35N3O3/c1-17(2)11-21(15-27(5)16-29)19-7-8-23-24(14-19)28(9-10-31-18(3)4)25(26-23)20-12-22(13-20)30-6/h7-8,11,14-16,18,20,22H,9-10,12-13H2,1-6H3/b21-15+. The van der Waals surface area contributed by atoms with Gasteiger partial charge in [-0.3, -0.25) is 4.79 Å². The van der Waals surface area contributed by atoms with E-state index in [0.717, 1.165) is 53.8 Å². The SMILES string of the molecule is COC1CC(c2nc3ccc(/C(C=C(C)C)=C/N(C)C=O)cc3n2CCOC(C)C)C1. The molecule has 1 fully saturated rings. The lowest BCUT2D eigenvalue weighted by Gasteiger charge is -2.34. The third-order valence-electron chi connectivity index (χ3n) is 5.62. The number of aromatic nitrogens is 2. The Bertz CT molecular complexity index is 964. The summed E-state index contributed by atoms with van der Waals surface area (Å²) in [5.41, 5.74) is 5.31. The smallest absolute Gasteiger partial charge is 0.213 e. The Morgan fingerprint density at radius 1 is 1.32 bits per heavy atom. The van der Waals surface area contributed by atoms with Crippen molar-refractivity contribution in [2.75, 3.05) is 20.8 Å². The topological polar surface area (TPSA) is 56.6 Å². The maximum atomic E-state index is 11.2. The van der Waals surface area contributed by atoms with E-state index in [4.69, 9.17) is 14.5 Å². The number of hydrogen-bond donors (Lipinski definition) is 0. The third kappa shape index (κ3) is 5.63. The van der Waals surface area contributed by atoms with Gasteiger partial charge < -0.3 is 18.9 Å². The minimum atomic E-state index is 0.196. The molecule has 3 rings (SSSR count). The number of hydrogen-bond acceptors (Lipinski definition) is 4. The van der Waals surface area contributed by atoms with Gasteiger partial charge in [0, 0.05) is 32.8 Å². The number of nitrogens with zero attached hydrogens (tertiary/aromatic N) is 3. The number of ether oxygens (including phenoxy) is 2. The second-order valence-electron chi connectivity index (χ2n) is 8.85. The number of imidazole rings is 1. The Labute approximate surface area is 185 Å². The Hall–Kier alpha value is -2.44. The van der Waals surface area contributed by atoms with Crippen LogP contribution in [0.4, 0.5) is 0 Å². The number of allylic oxidation sites excluding steroid dienone is 3. The molecule has 1 aliphatic rings. The number of carbonyl (C=O) groups is 1. The van der Waals surface area contributed by atoms with Crippen molar-refractivity contribution >= 4 is 23.0 Å². The summed E-state index contributed by atoms with van der Waals surface area (Å²) in [6.45, 7) is 9.63. The molecule has 0 aliphatic heterocycles. The highest BCUT2D eigenvalue weighted by Gasteiger charge is 2.34. The summed E-state index contributed by atoms with van der Waals surface area (Å²) in [6.07, 6.45) is 7.30. The van der Waals surface area contributed by atoms with Crippen molar-refractivity contribution in [3.63, 3.8) is 0 Å². The maximum absolute atomic E-state index is 11.2. The zero-order chi connectivity index (χ0) is 22.5. The Morgan fingerprint density at radius 3 is 2.68 bits per heavy atom. The first-order valence-electron chi connectivity index (χ1n) is 11.0. The average molecular weight is 426 g/mol. The molecule has 0 atom stereocenters. The minimum absolute atomic E-state index is 0.196. The van der Waals surface area contributed by atoms with Crippen LogP contribution in [-0.2, 0) is 20.8 Å². The van der Waals surface area contributed by atoms with E-state index >= 15 is 0 Å². The van der Waals surface area contributed by atoms with Crippen molar-refractivity contribution < 1.29 is 14.3 Å². The molecule has 0 spiro atoms. The van der Waals surface area contributed by atoms with Crippen LogP contribution in [0.3, 0.4) is 0 Å². The van der Waals surface area contributed by atoms with Crippen LogP contribution in [-0.4, -0.2) is 53.8 Å². The fourth-order valence-electron chi connectivity index (χ4n) is 3.97. The van der Waals surface area contributed by atoms with Gasteiger partial charge in [-0.15, -0.1) is 0 Å². The van der Waals surface area contributed by atoms with Crippen LogP contribution in [0, 0.1) is 0 Å². The summed E-state index contributed by atoms with van der Waals surface area (Å²) in [5.74, 6) is 1.53. The van der Waals surface area contributed by atoms with Crippen LogP contribution in [0.2, 0.25) is 0 Å². The summed E-state index contributed by atoms with van der Waals surface area (Å²) in [6, 6.07) is 6.34. The Balaban J connectivity index is 2.03. The largest absolute Gasteiger partial charge is 0.381 e. The lowest BCUT2D eigenvalue weighted by molar-refractivity contribution is -0.114. The molecule has 2 aromatic rings. The number of benzene rings is 1. The van der Waals surface area contributed by atoms with Gasteiger partial charge in [0.2, 0.25) is 6.41 Å². The molecule has 0 unspecified atom stereocenters. The van der Waals surface area contributed by atoms with Crippen LogP contribution < -0.4 is 0 Å². The highest BCUT2D eigenvalue weighted by atomic mass is 16.5. The highest BCUT2D eigenvalue weighted by Crippen LogP contribution is 2.39. The molecular formula is C25H35N3O3. The van der Waals surface area contributed by atoms with Crippen molar-refractivity contribution in [2.24, 2.45) is 0 Å². The van der Waals surface area contributed by atoms with E-state index in [1.165, 1.54) is 10.5 Å². The first kappa shape index (κ1) is 23.2. The predicted octanol–water partition coefficient (Wildman–Crippen LogP) is 4.75. The maximum Gasteiger partial charge on any atom is 0.213 e. The Kier molecular flexibility index (Phi) is 7.68. The fourth-order valence-corrected chi connectivity index (χ4v) is 3.97. The summed E-state index contributed by atoms with van der Waals surface area (Å²) in [5, 5.41) is 0. The summed E-state index contributed by atoms with van der Waals surface area (Å²) in [4.78, 5) is 17.7. The van der Waals surface area contributed by atoms with Gasteiger partial charge in [0.1, 0.15) is 5.82 Å². The highest BCUT2D eigenvalue weighted by molar-refractivity contribution is 5.84. The first-order chi connectivity index (χ1) is 14.8. The van der Waals surface area contributed by atoms with Crippen LogP contribution in [0.25, 0.3) is 16.6 Å². The number of amides is 1. The van der Waals surface area contributed by atoms with E-state index in [-0.39, 0.29) is 6.10 Å². The zero-order valence-corrected chi connectivity index (χ0v) is 19.6.